The molecule has 0 atom stereocenters. The fourth-order valence-electron chi connectivity index (χ4n) is 0.388. The van der Waals surface area contributed by atoms with Crippen molar-refractivity contribution in [2.24, 2.45) is 0 Å². The van der Waals surface area contributed by atoms with E-state index in [9.17, 15) is 0 Å². The van der Waals surface area contributed by atoms with Crippen LogP contribution in [0.25, 0.3) is 0 Å². The molecule has 0 aliphatic rings. The van der Waals surface area contributed by atoms with Crippen molar-refractivity contribution in [1.82, 2.24) is 9.97 Å². The van der Waals surface area contributed by atoms with Gasteiger partial charge in [0.15, 0.2) is 0 Å². The molecule has 1 rings (SSSR count). The van der Waals surface area contributed by atoms with Crippen molar-refractivity contribution >= 4 is 26.7 Å². The standard InChI is InChI=1S/C4H4N3.Al/c5-4-1-2-6-3-7-4;/h1,3H,(H2,5,6,7);. The van der Waals surface area contributed by atoms with Gasteiger partial charge in [-0.1, -0.05) is 4.56 Å². The minimum Gasteiger partial charge on any atom is -0.384 e. The van der Waals surface area contributed by atoms with Gasteiger partial charge >= 0.3 is 0 Å². The summed E-state index contributed by atoms with van der Waals surface area (Å²) in [5.74, 6) is 0.505. The van der Waals surface area contributed by atoms with Crippen LogP contribution in [0.15, 0.2) is 12.4 Å². The molecule has 0 spiro atoms. The second-order valence-corrected chi connectivity index (χ2v) is 1.96. The highest BCUT2D eigenvalue weighted by Crippen LogP contribution is 1.83. The minimum absolute atomic E-state index is 0.505. The van der Waals surface area contributed by atoms with E-state index in [1.165, 1.54) is 6.33 Å². The Hall–Kier alpha value is -0.588. The first-order valence-electron chi connectivity index (χ1n) is 2.12. The van der Waals surface area contributed by atoms with Crippen LogP contribution < -0.4 is 10.3 Å². The van der Waals surface area contributed by atoms with Gasteiger partial charge in [-0.15, -0.1) is 0 Å². The molecule has 0 amide bonds. The first kappa shape index (κ1) is 5.55. The van der Waals surface area contributed by atoms with Gasteiger partial charge in [-0.3, -0.25) is 4.98 Å². The summed E-state index contributed by atoms with van der Waals surface area (Å²) in [6.45, 7) is 0. The fourth-order valence-corrected chi connectivity index (χ4v) is 0.626. The molecule has 0 saturated heterocycles. The third-order valence-electron chi connectivity index (χ3n) is 0.709. The summed E-state index contributed by atoms with van der Waals surface area (Å²) in [6, 6.07) is 1.69. The Morgan fingerprint density at radius 2 is 2.25 bits per heavy atom. The zero-order valence-electron chi connectivity index (χ0n) is 4.20. The average molecular weight is 121 g/mol. The van der Waals surface area contributed by atoms with Gasteiger partial charge in [0.1, 0.15) is 12.1 Å². The maximum Gasteiger partial charge on any atom is 0.210 e. The summed E-state index contributed by atoms with van der Waals surface area (Å²) in [4.78, 5) is 7.51. The first-order chi connectivity index (χ1) is 3.79. The lowest BCUT2D eigenvalue weighted by Gasteiger charge is -1.90. The van der Waals surface area contributed by atoms with Crippen molar-refractivity contribution in [2.75, 3.05) is 5.73 Å². The summed E-state index contributed by atoms with van der Waals surface area (Å²) in [6.07, 6.45) is 1.43. The second-order valence-electron chi connectivity index (χ2n) is 1.37. The second kappa shape index (κ2) is 2.12. The number of nitrogen functional groups attached to an aromatic ring is 1. The monoisotopic (exact) mass is 121 g/mol. The van der Waals surface area contributed by atoms with Gasteiger partial charge in [0.2, 0.25) is 16.3 Å². The quantitative estimate of drug-likeness (QED) is 0.441. The lowest BCUT2D eigenvalue weighted by atomic mass is 10.6. The van der Waals surface area contributed by atoms with Gasteiger partial charge in [-0.25, -0.2) is 4.98 Å². The Kier molecular flexibility index (Phi) is 1.47. The molecular weight excluding hydrogens is 117 g/mol. The molecule has 0 aromatic carbocycles. The number of nitrogens with zero attached hydrogens (tertiary/aromatic N) is 2. The van der Waals surface area contributed by atoms with Crippen LogP contribution in [0.1, 0.15) is 0 Å². The van der Waals surface area contributed by atoms with E-state index in [4.69, 9.17) is 5.73 Å². The third kappa shape index (κ3) is 1.19. The topological polar surface area (TPSA) is 51.8 Å². The van der Waals surface area contributed by atoms with Crippen LogP contribution in [-0.2, 0) is 0 Å². The maximum absolute atomic E-state index is 5.29. The summed E-state index contributed by atoms with van der Waals surface area (Å²) < 4.78 is 0.817. The molecule has 0 aliphatic carbocycles. The molecule has 0 aliphatic heterocycles. The Labute approximate surface area is 55.4 Å². The molecule has 1 aromatic heterocycles. The van der Waals surface area contributed by atoms with Crippen LogP contribution in [0, 0.1) is 0 Å². The van der Waals surface area contributed by atoms with Gasteiger partial charge in [-0.2, -0.15) is 0 Å². The summed E-state index contributed by atoms with van der Waals surface area (Å²) in [5, 5.41) is 0. The summed E-state index contributed by atoms with van der Waals surface area (Å²) >= 11 is 2.43. The highest BCUT2D eigenvalue weighted by Gasteiger charge is 1.82. The van der Waals surface area contributed by atoms with Gasteiger partial charge in [0.05, 0.1) is 0 Å². The molecule has 0 unspecified atom stereocenters. The van der Waals surface area contributed by atoms with E-state index in [0.29, 0.717) is 5.82 Å². The van der Waals surface area contributed by atoms with Gasteiger partial charge in [-0.05, 0) is 6.07 Å². The van der Waals surface area contributed by atoms with Crippen molar-refractivity contribution in [2.45, 2.75) is 0 Å². The van der Waals surface area contributed by atoms with E-state index >= 15 is 0 Å². The number of hydrogen-bond donors (Lipinski definition) is 1. The molecule has 1 aromatic rings. The van der Waals surface area contributed by atoms with Crippen LogP contribution in [0.2, 0.25) is 0 Å². The van der Waals surface area contributed by atoms with Crippen LogP contribution in [-0.4, -0.2) is 26.3 Å². The van der Waals surface area contributed by atoms with Crippen LogP contribution >= 0.6 is 0 Å². The predicted octanol–water partition coefficient (Wildman–Crippen LogP) is -1.15. The van der Waals surface area contributed by atoms with Crippen molar-refractivity contribution in [3.63, 3.8) is 0 Å². The molecule has 0 bridgehead atoms. The summed E-state index contributed by atoms with van der Waals surface area (Å²) in [7, 11) is 0. The number of anilines is 1. The van der Waals surface area contributed by atoms with Crippen LogP contribution in [0.3, 0.4) is 0 Å². The van der Waals surface area contributed by atoms with Gasteiger partial charge in [0.25, 0.3) is 0 Å². The van der Waals surface area contributed by atoms with Gasteiger partial charge in [0, 0.05) is 0 Å². The largest absolute Gasteiger partial charge is 0.384 e. The molecule has 8 heavy (non-hydrogen) atoms. The molecule has 4 heteroatoms. The molecule has 2 radical (unpaired) electrons. The van der Waals surface area contributed by atoms with Crippen molar-refractivity contribution in [3.8, 4) is 0 Å². The molecular formula is C4H4AlN3. The smallest absolute Gasteiger partial charge is 0.210 e. The fraction of sp³-hybridized carbons (Fsp3) is 0. The lowest BCUT2D eigenvalue weighted by molar-refractivity contribution is 1.21. The minimum atomic E-state index is 0.505. The van der Waals surface area contributed by atoms with E-state index in [1.807, 2.05) is 0 Å². The molecule has 0 fully saturated rings. The Morgan fingerprint density at radius 3 is 2.62 bits per heavy atom. The third-order valence-corrected chi connectivity index (χ3v) is 1.03. The SMILES string of the molecule is Nc1c[c]([Al])ncn1. The Bertz CT molecular complexity index is 171. The van der Waals surface area contributed by atoms with E-state index in [1.54, 1.807) is 6.07 Å². The number of hydrogen-bond acceptors (Lipinski definition) is 3. The maximum atomic E-state index is 5.29. The highest BCUT2D eigenvalue weighted by molar-refractivity contribution is 6.30. The summed E-state index contributed by atoms with van der Waals surface area (Å²) in [5.41, 5.74) is 5.29. The molecule has 3 nitrogen and oxygen atoms in total. The molecule has 1 heterocycles. The zero-order chi connectivity index (χ0) is 5.98. The number of rotatable bonds is 0. The Balaban J connectivity index is 3.08. The normalized spacial score (nSPS) is 9.00. The molecule has 38 valence electrons. The van der Waals surface area contributed by atoms with E-state index < -0.39 is 0 Å². The average Bonchev–Trinajstić information content (AvgIpc) is 1.64. The first-order valence-corrected chi connectivity index (χ1v) is 2.70. The van der Waals surface area contributed by atoms with E-state index in [2.05, 4.69) is 26.3 Å². The highest BCUT2D eigenvalue weighted by atomic mass is 27.0. The zero-order valence-corrected chi connectivity index (χ0v) is 5.36. The van der Waals surface area contributed by atoms with E-state index in [-0.39, 0.29) is 0 Å². The van der Waals surface area contributed by atoms with Crippen molar-refractivity contribution < 1.29 is 0 Å². The molecule has 0 saturated carbocycles. The van der Waals surface area contributed by atoms with Crippen LogP contribution in [0.4, 0.5) is 5.82 Å². The predicted molar refractivity (Wildman–Crippen MR) is 31.8 cm³/mol. The Morgan fingerprint density at radius 1 is 1.50 bits per heavy atom. The van der Waals surface area contributed by atoms with E-state index in [0.717, 1.165) is 4.56 Å². The van der Waals surface area contributed by atoms with Gasteiger partial charge < -0.3 is 5.73 Å². The lowest BCUT2D eigenvalue weighted by Crippen LogP contribution is -2.09. The number of nitrogens with two attached hydrogens (primary N) is 1. The van der Waals surface area contributed by atoms with Crippen molar-refractivity contribution in [1.29, 1.82) is 0 Å². The molecule has 2 N–H and O–H groups in total. The van der Waals surface area contributed by atoms with Crippen molar-refractivity contribution in [3.05, 3.63) is 12.4 Å². The van der Waals surface area contributed by atoms with Crippen LogP contribution in [0.5, 0.6) is 0 Å². The number of aromatic nitrogens is 2.